The fourth-order valence-electron chi connectivity index (χ4n) is 2.22. The molecule has 1 N–H and O–H groups in total. The second-order valence-electron chi connectivity index (χ2n) is 4.61. The van der Waals surface area contributed by atoms with Crippen LogP contribution < -0.4 is 5.32 Å². The van der Waals surface area contributed by atoms with Gasteiger partial charge in [0, 0.05) is 25.3 Å². The van der Waals surface area contributed by atoms with E-state index in [0.29, 0.717) is 24.8 Å². The standard InChI is InChI=1S/C12H15N3O2/c16-11-8-14(7-5-13-11)12(17)10-2-1-6-15(10)9-3-4-9/h1-2,6,9H,3-5,7-8H2,(H,13,16). The summed E-state index contributed by atoms with van der Waals surface area (Å²) in [5.74, 6) is -0.106. The van der Waals surface area contributed by atoms with Gasteiger partial charge in [0.15, 0.2) is 0 Å². The van der Waals surface area contributed by atoms with Crippen LogP contribution in [0.25, 0.3) is 0 Å². The van der Waals surface area contributed by atoms with Gasteiger partial charge in [-0.3, -0.25) is 9.59 Å². The van der Waals surface area contributed by atoms with E-state index in [4.69, 9.17) is 0 Å². The number of rotatable bonds is 2. The predicted octanol–water partition coefficient (Wildman–Crippen LogP) is 0.395. The Kier molecular flexibility index (Phi) is 2.39. The van der Waals surface area contributed by atoms with Crippen LogP contribution in [0.4, 0.5) is 0 Å². The molecule has 0 spiro atoms. The molecule has 3 rings (SSSR count). The minimum absolute atomic E-state index is 0.0308. The molecule has 5 heteroatoms. The maximum absolute atomic E-state index is 12.3. The van der Waals surface area contributed by atoms with Crippen molar-refractivity contribution >= 4 is 11.8 Å². The Bertz CT molecular complexity index is 462. The molecule has 0 atom stereocenters. The molecule has 2 aliphatic rings. The number of aromatic nitrogens is 1. The fraction of sp³-hybridized carbons (Fsp3) is 0.500. The average molecular weight is 233 g/mol. The molecule has 2 heterocycles. The Hall–Kier alpha value is -1.78. The number of amides is 2. The highest BCUT2D eigenvalue weighted by Gasteiger charge is 2.29. The van der Waals surface area contributed by atoms with Gasteiger partial charge in [-0.15, -0.1) is 0 Å². The van der Waals surface area contributed by atoms with Crippen molar-refractivity contribution in [1.82, 2.24) is 14.8 Å². The third kappa shape index (κ3) is 1.92. The van der Waals surface area contributed by atoms with Gasteiger partial charge in [0.1, 0.15) is 5.69 Å². The molecule has 0 radical (unpaired) electrons. The van der Waals surface area contributed by atoms with Crippen LogP contribution in [0, 0.1) is 0 Å². The largest absolute Gasteiger partial charge is 0.353 e. The number of hydrogen-bond acceptors (Lipinski definition) is 2. The average Bonchev–Trinajstić information content (AvgIpc) is 3.06. The summed E-state index contributed by atoms with van der Waals surface area (Å²) in [6, 6.07) is 4.23. The van der Waals surface area contributed by atoms with Crippen molar-refractivity contribution < 1.29 is 9.59 Å². The van der Waals surface area contributed by atoms with E-state index in [0.717, 1.165) is 12.8 Å². The van der Waals surface area contributed by atoms with Crippen LogP contribution in [0.2, 0.25) is 0 Å². The van der Waals surface area contributed by atoms with E-state index in [1.807, 2.05) is 22.9 Å². The zero-order valence-corrected chi connectivity index (χ0v) is 9.56. The Labute approximate surface area is 99.4 Å². The van der Waals surface area contributed by atoms with E-state index in [9.17, 15) is 9.59 Å². The first-order chi connectivity index (χ1) is 8.25. The van der Waals surface area contributed by atoms with Crippen LogP contribution in [0.5, 0.6) is 0 Å². The monoisotopic (exact) mass is 233 g/mol. The molecule has 90 valence electrons. The minimum atomic E-state index is -0.0749. The van der Waals surface area contributed by atoms with Crippen LogP contribution in [0.3, 0.4) is 0 Å². The molecule has 2 amide bonds. The minimum Gasteiger partial charge on any atom is -0.353 e. The quantitative estimate of drug-likeness (QED) is 0.803. The molecule has 1 aromatic rings. The summed E-state index contributed by atoms with van der Waals surface area (Å²) in [6.07, 6.45) is 4.25. The van der Waals surface area contributed by atoms with E-state index in [1.165, 1.54) is 0 Å². The first-order valence-electron chi connectivity index (χ1n) is 5.98. The van der Waals surface area contributed by atoms with E-state index < -0.39 is 0 Å². The number of piperazine rings is 1. The number of hydrogen-bond donors (Lipinski definition) is 1. The van der Waals surface area contributed by atoms with Gasteiger partial charge in [-0.25, -0.2) is 0 Å². The van der Waals surface area contributed by atoms with Crippen LogP contribution in [-0.4, -0.2) is 40.9 Å². The molecule has 0 bridgehead atoms. The van der Waals surface area contributed by atoms with Crippen molar-refractivity contribution in [1.29, 1.82) is 0 Å². The highest BCUT2D eigenvalue weighted by atomic mass is 16.2. The van der Waals surface area contributed by atoms with Gasteiger partial charge in [0.05, 0.1) is 6.54 Å². The molecule has 1 aromatic heterocycles. The molecular formula is C12H15N3O2. The smallest absolute Gasteiger partial charge is 0.271 e. The van der Waals surface area contributed by atoms with Crippen LogP contribution in [0.1, 0.15) is 29.4 Å². The summed E-state index contributed by atoms with van der Waals surface area (Å²) in [5.41, 5.74) is 0.710. The third-order valence-corrected chi connectivity index (χ3v) is 3.26. The molecule has 0 unspecified atom stereocenters. The van der Waals surface area contributed by atoms with Crippen molar-refractivity contribution in [2.45, 2.75) is 18.9 Å². The third-order valence-electron chi connectivity index (χ3n) is 3.26. The first kappa shape index (κ1) is 10.4. The van der Waals surface area contributed by atoms with E-state index in [2.05, 4.69) is 5.32 Å². The Morgan fingerprint density at radius 2 is 2.24 bits per heavy atom. The molecule has 5 nitrogen and oxygen atoms in total. The van der Waals surface area contributed by atoms with Crippen LogP contribution >= 0.6 is 0 Å². The summed E-state index contributed by atoms with van der Waals surface area (Å²) in [4.78, 5) is 25.2. The van der Waals surface area contributed by atoms with Crippen LogP contribution in [-0.2, 0) is 4.79 Å². The molecule has 2 fully saturated rings. The molecule has 0 aromatic carbocycles. The normalized spacial score (nSPS) is 20.2. The van der Waals surface area contributed by atoms with E-state index >= 15 is 0 Å². The molecule has 1 aliphatic carbocycles. The lowest BCUT2D eigenvalue weighted by Gasteiger charge is -2.27. The first-order valence-corrected chi connectivity index (χ1v) is 5.98. The molecule has 1 aliphatic heterocycles. The van der Waals surface area contributed by atoms with Gasteiger partial charge in [-0.05, 0) is 25.0 Å². The Morgan fingerprint density at radius 1 is 1.41 bits per heavy atom. The topological polar surface area (TPSA) is 54.3 Å². The highest BCUT2D eigenvalue weighted by Crippen LogP contribution is 2.36. The maximum Gasteiger partial charge on any atom is 0.271 e. The summed E-state index contributed by atoms with van der Waals surface area (Å²) >= 11 is 0. The lowest BCUT2D eigenvalue weighted by molar-refractivity contribution is -0.123. The van der Waals surface area contributed by atoms with Crippen molar-refractivity contribution in [2.75, 3.05) is 19.6 Å². The summed E-state index contributed by atoms with van der Waals surface area (Å²) in [5, 5.41) is 2.72. The van der Waals surface area contributed by atoms with E-state index in [-0.39, 0.29) is 18.4 Å². The molecule has 17 heavy (non-hydrogen) atoms. The van der Waals surface area contributed by atoms with Crippen molar-refractivity contribution in [3.05, 3.63) is 24.0 Å². The summed E-state index contributed by atoms with van der Waals surface area (Å²) in [6.45, 7) is 1.32. The lowest BCUT2D eigenvalue weighted by Crippen LogP contribution is -2.50. The SMILES string of the molecule is O=C1CN(C(=O)c2cccn2C2CC2)CCN1. The van der Waals surface area contributed by atoms with Gasteiger partial charge in [0.2, 0.25) is 5.91 Å². The number of carbonyl (C=O) groups is 2. The van der Waals surface area contributed by atoms with Gasteiger partial charge in [-0.2, -0.15) is 0 Å². The van der Waals surface area contributed by atoms with Gasteiger partial charge >= 0.3 is 0 Å². The fourth-order valence-corrected chi connectivity index (χ4v) is 2.22. The highest BCUT2D eigenvalue weighted by molar-refractivity contribution is 5.96. The number of nitrogens with one attached hydrogen (secondary N) is 1. The second-order valence-corrected chi connectivity index (χ2v) is 4.61. The zero-order valence-electron chi connectivity index (χ0n) is 9.56. The van der Waals surface area contributed by atoms with Crippen LogP contribution in [0.15, 0.2) is 18.3 Å². The van der Waals surface area contributed by atoms with E-state index in [1.54, 1.807) is 4.90 Å². The zero-order chi connectivity index (χ0) is 11.8. The lowest BCUT2D eigenvalue weighted by atomic mass is 10.3. The van der Waals surface area contributed by atoms with Gasteiger partial charge < -0.3 is 14.8 Å². The van der Waals surface area contributed by atoms with Gasteiger partial charge in [-0.1, -0.05) is 0 Å². The molecular weight excluding hydrogens is 218 g/mol. The summed E-state index contributed by atoms with van der Waals surface area (Å²) < 4.78 is 2.04. The van der Waals surface area contributed by atoms with Crippen molar-refractivity contribution in [3.8, 4) is 0 Å². The number of nitrogens with zero attached hydrogens (tertiary/aromatic N) is 2. The predicted molar refractivity (Wildman–Crippen MR) is 61.6 cm³/mol. The second kappa shape index (κ2) is 3.91. The Balaban J connectivity index is 1.80. The van der Waals surface area contributed by atoms with Crippen molar-refractivity contribution in [2.24, 2.45) is 0 Å². The van der Waals surface area contributed by atoms with Crippen molar-refractivity contribution in [3.63, 3.8) is 0 Å². The molecule has 1 saturated heterocycles. The Morgan fingerprint density at radius 3 is 2.94 bits per heavy atom. The summed E-state index contributed by atoms with van der Waals surface area (Å²) in [7, 11) is 0. The van der Waals surface area contributed by atoms with Gasteiger partial charge in [0.25, 0.3) is 5.91 Å². The number of carbonyl (C=O) groups excluding carboxylic acids is 2. The molecule has 1 saturated carbocycles. The maximum atomic E-state index is 12.3.